The molecule has 0 amide bonds. The van der Waals surface area contributed by atoms with Gasteiger partial charge in [-0.2, -0.15) is 0 Å². The molecule has 372 valence electrons. The van der Waals surface area contributed by atoms with Gasteiger partial charge in [0, 0.05) is 13.0 Å². The van der Waals surface area contributed by atoms with Crippen LogP contribution < -0.4 is 0 Å². The van der Waals surface area contributed by atoms with E-state index in [1.54, 1.807) is 0 Å². The zero-order valence-electron chi connectivity index (χ0n) is 39.7. The van der Waals surface area contributed by atoms with Gasteiger partial charge in [-0.05, 0) is 83.5 Å². The summed E-state index contributed by atoms with van der Waals surface area (Å²) in [6.07, 6.45) is 44.8. The highest BCUT2D eigenvalue weighted by molar-refractivity contribution is 7.47. The van der Waals surface area contributed by atoms with Gasteiger partial charge in [0.05, 0.1) is 13.2 Å². The summed E-state index contributed by atoms with van der Waals surface area (Å²) in [6.45, 7) is 4.02. The van der Waals surface area contributed by atoms with Crippen LogP contribution in [0.2, 0.25) is 0 Å². The Kier molecular flexibility index (Phi) is 38.4. The highest BCUT2D eigenvalue weighted by Crippen LogP contribution is 2.47. The SMILES string of the molecule is CC/C=C\C/C=C\C/C=C\C/C=C\C/C=C\C/C=C\CCC(=O)OC(COCCCCCCCCCC/C=C\C/C=C\CCCCCC)COP(=O)(O)OC1C(O)C(O)C(O)C(O)C1O. The van der Waals surface area contributed by atoms with Crippen LogP contribution in [0.5, 0.6) is 0 Å². The van der Waals surface area contributed by atoms with Crippen LogP contribution in [0.4, 0.5) is 0 Å². The number of phosphoric ester groups is 1. The number of hydrogen-bond donors (Lipinski definition) is 6. The van der Waals surface area contributed by atoms with Gasteiger partial charge in [-0.3, -0.25) is 13.8 Å². The van der Waals surface area contributed by atoms with E-state index in [2.05, 4.69) is 98.9 Å². The van der Waals surface area contributed by atoms with Crippen molar-refractivity contribution in [1.29, 1.82) is 0 Å². The maximum atomic E-state index is 12.8. The highest BCUT2D eigenvalue weighted by Gasteiger charge is 2.51. The number of esters is 1. The number of carbonyl (C=O) groups is 1. The first-order chi connectivity index (χ1) is 31.5. The standard InChI is InChI=1S/C52H87O12P/c1-3-5-7-9-11-13-15-17-19-21-23-25-27-29-31-33-35-37-39-41-46(53)63-45(44-62-65(59,60)64-52-50(57)48(55)47(54)49(56)51(52)58)43-61-42-40-38-36-34-32-30-28-26-24-22-20-18-16-14-12-10-8-6-4-2/h5,7,11,13-14,16-17,19-20,22-23,25,29,31,35,37,45,47-52,54-58H,3-4,6,8-10,12,15,18,21,24,26-28,30,32-34,36,38-44H2,1-2H3,(H,59,60)/b7-5-,13-11-,16-14-,19-17-,22-20-,25-23-,31-29-,37-35-. The highest BCUT2D eigenvalue weighted by atomic mass is 31.2. The van der Waals surface area contributed by atoms with Crippen molar-refractivity contribution in [2.75, 3.05) is 19.8 Å². The first-order valence-corrected chi connectivity index (χ1v) is 26.1. The monoisotopic (exact) mass is 935 g/mol. The number of aliphatic hydroxyl groups is 5. The lowest BCUT2D eigenvalue weighted by Gasteiger charge is -2.41. The van der Waals surface area contributed by atoms with Gasteiger partial charge in [0.25, 0.3) is 0 Å². The largest absolute Gasteiger partial charge is 0.472 e. The normalized spacial score (nSPS) is 22.4. The quantitative estimate of drug-likeness (QED) is 0.0148. The number of rotatable bonds is 40. The molecule has 0 aliphatic heterocycles. The molecule has 0 radical (unpaired) electrons. The van der Waals surface area contributed by atoms with Gasteiger partial charge < -0.3 is 39.9 Å². The van der Waals surface area contributed by atoms with E-state index in [0.717, 1.165) is 70.6 Å². The summed E-state index contributed by atoms with van der Waals surface area (Å²) in [7, 11) is -5.05. The van der Waals surface area contributed by atoms with Crippen molar-refractivity contribution in [3.63, 3.8) is 0 Å². The molecular formula is C52H87O12P. The van der Waals surface area contributed by atoms with E-state index < -0.39 is 63.1 Å². The summed E-state index contributed by atoms with van der Waals surface area (Å²) in [5.74, 6) is -0.564. The Morgan fingerprint density at radius 2 is 0.908 bits per heavy atom. The van der Waals surface area contributed by atoms with Gasteiger partial charge in [-0.1, -0.05) is 169 Å². The van der Waals surface area contributed by atoms with Crippen LogP contribution in [0.25, 0.3) is 0 Å². The Morgan fingerprint density at radius 3 is 1.38 bits per heavy atom. The lowest BCUT2D eigenvalue weighted by atomic mass is 9.85. The molecule has 12 nitrogen and oxygen atoms in total. The van der Waals surface area contributed by atoms with Crippen LogP contribution in [-0.4, -0.2) is 98.9 Å². The van der Waals surface area contributed by atoms with Gasteiger partial charge in [-0.15, -0.1) is 0 Å². The first kappa shape index (κ1) is 60.3. The first-order valence-electron chi connectivity index (χ1n) is 24.6. The predicted octanol–water partition coefficient (Wildman–Crippen LogP) is 10.7. The van der Waals surface area contributed by atoms with Crippen LogP contribution in [-0.2, 0) is 27.9 Å². The molecule has 0 bridgehead atoms. The smallest absolute Gasteiger partial charge is 0.457 e. The third-order valence-corrected chi connectivity index (χ3v) is 11.7. The summed E-state index contributed by atoms with van der Waals surface area (Å²) < 4.78 is 34.1. The molecule has 0 spiro atoms. The second kappa shape index (κ2) is 41.4. The topological polar surface area (TPSA) is 192 Å². The molecule has 6 unspecified atom stereocenters. The fourth-order valence-corrected chi connectivity index (χ4v) is 7.79. The minimum atomic E-state index is -5.05. The summed E-state index contributed by atoms with van der Waals surface area (Å²) in [6, 6.07) is 0. The van der Waals surface area contributed by atoms with E-state index in [1.807, 2.05) is 12.2 Å². The minimum Gasteiger partial charge on any atom is -0.457 e. The van der Waals surface area contributed by atoms with E-state index in [0.29, 0.717) is 19.4 Å². The van der Waals surface area contributed by atoms with Crippen LogP contribution in [0.3, 0.4) is 0 Å². The molecule has 65 heavy (non-hydrogen) atoms. The predicted molar refractivity (Wildman–Crippen MR) is 262 cm³/mol. The van der Waals surface area contributed by atoms with Gasteiger partial charge in [0.2, 0.25) is 0 Å². The van der Waals surface area contributed by atoms with Crippen LogP contribution in [0.1, 0.15) is 162 Å². The lowest BCUT2D eigenvalue weighted by molar-refractivity contribution is -0.220. The zero-order chi connectivity index (χ0) is 47.6. The molecule has 0 aromatic rings. The Hall–Kier alpha value is -2.74. The molecule has 1 saturated carbocycles. The van der Waals surface area contributed by atoms with Gasteiger partial charge in [-0.25, -0.2) is 4.57 Å². The lowest BCUT2D eigenvalue weighted by Crippen LogP contribution is -2.64. The van der Waals surface area contributed by atoms with Crippen molar-refractivity contribution < 1.29 is 58.3 Å². The van der Waals surface area contributed by atoms with Crippen molar-refractivity contribution in [3.8, 4) is 0 Å². The molecule has 1 rings (SSSR count). The van der Waals surface area contributed by atoms with Crippen LogP contribution in [0.15, 0.2) is 97.2 Å². The molecule has 0 heterocycles. The number of hydrogen-bond acceptors (Lipinski definition) is 11. The number of phosphoric acid groups is 1. The van der Waals surface area contributed by atoms with Crippen molar-refractivity contribution in [3.05, 3.63) is 97.2 Å². The number of ether oxygens (including phenoxy) is 2. The van der Waals surface area contributed by atoms with E-state index >= 15 is 0 Å². The maximum absolute atomic E-state index is 12.8. The van der Waals surface area contributed by atoms with Gasteiger partial charge in [0.15, 0.2) is 0 Å². The van der Waals surface area contributed by atoms with Crippen molar-refractivity contribution >= 4 is 13.8 Å². The second-order valence-corrected chi connectivity index (χ2v) is 18.0. The van der Waals surface area contributed by atoms with Gasteiger partial charge in [0.1, 0.15) is 42.7 Å². The Morgan fingerprint density at radius 1 is 0.508 bits per heavy atom. The summed E-state index contributed by atoms with van der Waals surface area (Å²) in [5.41, 5.74) is 0. The molecule has 1 aliphatic rings. The number of aliphatic hydroxyl groups excluding tert-OH is 5. The third-order valence-electron chi connectivity index (χ3n) is 10.7. The number of unbranched alkanes of at least 4 members (excludes halogenated alkanes) is 12. The average molecular weight is 935 g/mol. The summed E-state index contributed by atoms with van der Waals surface area (Å²) >= 11 is 0. The fraction of sp³-hybridized carbons (Fsp3) is 0.673. The van der Waals surface area contributed by atoms with Crippen molar-refractivity contribution in [2.24, 2.45) is 0 Å². The summed E-state index contributed by atoms with van der Waals surface area (Å²) in [5, 5.41) is 50.3. The molecule has 6 atom stereocenters. The van der Waals surface area contributed by atoms with Crippen LogP contribution in [0, 0.1) is 0 Å². The van der Waals surface area contributed by atoms with Crippen molar-refractivity contribution in [1.82, 2.24) is 0 Å². The minimum absolute atomic E-state index is 0.0537. The Labute approximate surface area is 392 Å². The zero-order valence-corrected chi connectivity index (χ0v) is 40.6. The van der Waals surface area contributed by atoms with E-state index in [9.17, 15) is 39.8 Å². The maximum Gasteiger partial charge on any atom is 0.472 e. The number of allylic oxidation sites excluding steroid dienone is 16. The fourth-order valence-electron chi connectivity index (χ4n) is 6.82. The molecule has 13 heteroatoms. The Bertz CT molecular complexity index is 1440. The average Bonchev–Trinajstić information content (AvgIpc) is 3.29. The Balaban J connectivity index is 2.44. The molecule has 1 aliphatic carbocycles. The van der Waals surface area contributed by atoms with E-state index in [4.69, 9.17) is 18.5 Å². The third kappa shape index (κ3) is 33.4. The molecule has 0 saturated heterocycles. The van der Waals surface area contributed by atoms with Crippen molar-refractivity contribution in [2.45, 2.75) is 204 Å². The van der Waals surface area contributed by atoms with E-state index in [-0.39, 0.29) is 13.0 Å². The molecule has 1 fully saturated rings. The molecule has 0 aromatic heterocycles. The molecule has 0 aromatic carbocycles. The molecular weight excluding hydrogens is 848 g/mol. The second-order valence-electron chi connectivity index (χ2n) is 16.6. The molecule has 6 N–H and O–H groups in total. The van der Waals surface area contributed by atoms with E-state index in [1.165, 1.54) is 57.8 Å². The van der Waals surface area contributed by atoms with Gasteiger partial charge >= 0.3 is 13.8 Å². The number of carbonyl (C=O) groups excluding carboxylic acids is 1. The van der Waals surface area contributed by atoms with Crippen LogP contribution >= 0.6 is 7.82 Å². The summed E-state index contributed by atoms with van der Waals surface area (Å²) in [4.78, 5) is 23.2.